The molecular weight excluding hydrogens is 615 g/mol. The van der Waals surface area contributed by atoms with Crippen LogP contribution in [0.4, 0.5) is 0 Å². The Morgan fingerprint density at radius 3 is 1.52 bits per heavy atom. The van der Waals surface area contributed by atoms with E-state index in [1.807, 2.05) is 78.9 Å². The summed E-state index contributed by atoms with van der Waals surface area (Å²) in [6.45, 7) is 0. The van der Waals surface area contributed by atoms with Crippen molar-refractivity contribution in [2.75, 3.05) is 0 Å². The molecule has 0 bridgehead atoms. The number of aromatic nitrogens is 3. The molecule has 5 heteroatoms. The normalized spacial score (nSPS) is 11.6. The van der Waals surface area contributed by atoms with Crippen molar-refractivity contribution in [1.29, 1.82) is 0 Å². The zero-order valence-electron chi connectivity index (χ0n) is 26.7. The zero-order chi connectivity index (χ0) is 33.0. The number of rotatable bonds is 5. The minimum absolute atomic E-state index is 0.558. The summed E-state index contributed by atoms with van der Waals surface area (Å²) >= 11 is 0. The van der Waals surface area contributed by atoms with E-state index in [9.17, 15) is 0 Å². The summed E-state index contributed by atoms with van der Waals surface area (Å²) in [6, 6.07) is 55.8. The van der Waals surface area contributed by atoms with E-state index in [2.05, 4.69) is 84.9 Å². The summed E-state index contributed by atoms with van der Waals surface area (Å²) in [5, 5.41) is 4.26. The fraction of sp³-hybridized carbons (Fsp3) is 0. The smallest absolute Gasteiger partial charge is 0.164 e. The van der Waals surface area contributed by atoms with Crippen LogP contribution in [0.1, 0.15) is 0 Å². The Morgan fingerprint density at radius 1 is 0.300 bits per heavy atom. The van der Waals surface area contributed by atoms with Gasteiger partial charge in [-0.3, -0.25) is 0 Å². The molecule has 0 saturated carbocycles. The van der Waals surface area contributed by atoms with Crippen molar-refractivity contribution in [3.05, 3.63) is 164 Å². The van der Waals surface area contributed by atoms with Crippen LogP contribution in [-0.4, -0.2) is 15.0 Å². The molecule has 0 aliphatic carbocycles. The molecule has 10 aromatic rings. The molecule has 0 amide bonds. The number of hydrogen-bond acceptors (Lipinski definition) is 5. The van der Waals surface area contributed by atoms with Gasteiger partial charge in [0.15, 0.2) is 17.5 Å². The fourth-order valence-corrected chi connectivity index (χ4v) is 6.90. The molecular formula is C45H27N3O2. The summed E-state index contributed by atoms with van der Waals surface area (Å²) in [4.78, 5) is 15.2. The summed E-state index contributed by atoms with van der Waals surface area (Å²) in [5.74, 6) is 1.71. The van der Waals surface area contributed by atoms with Gasteiger partial charge in [-0.15, -0.1) is 0 Å². The Bertz CT molecular complexity index is 2850. The first-order chi connectivity index (χ1) is 24.7. The Morgan fingerprint density at radius 2 is 0.780 bits per heavy atom. The highest BCUT2D eigenvalue weighted by molar-refractivity contribution is 6.13. The molecule has 0 aliphatic rings. The first-order valence-corrected chi connectivity index (χ1v) is 16.6. The Labute approximate surface area is 287 Å². The highest BCUT2D eigenvalue weighted by Gasteiger charge is 2.19. The standard InChI is InChI=1S/C45H27N3O2/c1-3-11-28(12-4-1)29-19-21-30(22-20-29)37-25-33(27-41-42(37)36-16-8-10-18-39(36)50-41)45-47-43(31-13-5-2-6-14-31)46-44(48-45)32-23-24-35-34-15-7-9-17-38(34)49-40(35)26-32/h1-27H. The van der Waals surface area contributed by atoms with Gasteiger partial charge in [-0.2, -0.15) is 0 Å². The quantitative estimate of drug-likeness (QED) is 0.187. The topological polar surface area (TPSA) is 65.0 Å². The second-order valence-electron chi connectivity index (χ2n) is 12.4. The lowest BCUT2D eigenvalue weighted by atomic mass is 9.95. The number of fused-ring (bicyclic) bond motifs is 6. The minimum atomic E-state index is 0.558. The van der Waals surface area contributed by atoms with E-state index in [4.69, 9.17) is 23.8 Å². The highest BCUT2D eigenvalue weighted by Crippen LogP contribution is 2.41. The van der Waals surface area contributed by atoms with Crippen LogP contribution in [0.15, 0.2) is 173 Å². The molecule has 5 nitrogen and oxygen atoms in total. The summed E-state index contributed by atoms with van der Waals surface area (Å²) in [5.41, 5.74) is 10.3. The molecule has 234 valence electrons. The van der Waals surface area contributed by atoms with E-state index in [1.54, 1.807) is 0 Å². The zero-order valence-corrected chi connectivity index (χ0v) is 26.7. The first kappa shape index (κ1) is 28.2. The largest absolute Gasteiger partial charge is 0.456 e. The average molecular weight is 642 g/mol. The third-order valence-corrected chi connectivity index (χ3v) is 9.34. The van der Waals surface area contributed by atoms with Crippen LogP contribution < -0.4 is 0 Å². The van der Waals surface area contributed by atoms with Crippen molar-refractivity contribution >= 4 is 43.9 Å². The monoisotopic (exact) mass is 641 g/mol. The second kappa shape index (κ2) is 11.4. The molecule has 3 aromatic heterocycles. The minimum Gasteiger partial charge on any atom is -0.456 e. The Balaban J connectivity index is 1.18. The van der Waals surface area contributed by atoms with Crippen LogP contribution in [0, 0.1) is 0 Å². The number of nitrogens with zero attached hydrogens (tertiary/aromatic N) is 3. The summed E-state index contributed by atoms with van der Waals surface area (Å²) in [6.07, 6.45) is 0. The first-order valence-electron chi connectivity index (χ1n) is 16.6. The van der Waals surface area contributed by atoms with E-state index in [0.29, 0.717) is 17.5 Å². The highest BCUT2D eigenvalue weighted by atomic mass is 16.3. The van der Waals surface area contributed by atoms with E-state index >= 15 is 0 Å². The number of furan rings is 2. The SMILES string of the molecule is c1ccc(-c2ccc(-c3cc(-c4nc(-c5ccccc5)nc(-c5ccc6c(c5)oc5ccccc56)n4)cc4oc5ccccc5c34)cc2)cc1. The molecule has 10 rings (SSSR count). The van der Waals surface area contributed by atoms with Crippen molar-refractivity contribution in [3.63, 3.8) is 0 Å². The van der Waals surface area contributed by atoms with E-state index in [0.717, 1.165) is 77.3 Å². The lowest BCUT2D eigenvalue weighted by molar-refractivity contribution is 0.668. The lowest BCUT2D eigenvalue weighted by Gasteiger charge is -2.11. The molecule has 0 fully saturated rings. The van der Waals surface area contributed by atoms with E-state index in [1.165, 1.54) is 5.56 Å². The van der Waals surface area contributed by atoms with Gasteiger partial charge in [0.25, 0.3) is 0 Å². The van der Waals surface area contributed by atoms with Crippen molar-refractivity contribution in [1.82, 2.24) is 15.0 Å². The van der Waals surface area contributed by atoms with Gasteiger partial charge in [0, 0.05) is 38.2 Å². The van der Waals surface area contributed by atoms with Crippen molar-refractivity contribution in [2.24, 2.45) is 0 Å². The molecule has 0 spiro atoms. The van der Waals surface area contributed by atoms with Crippen LogP contribution in [0.2, 0.25) is 0 Å². The van der Waals surface area contributed by atoms with Gasteiger partial charge in [-0.1, -0.05) is 127 Å². The third-order valence-electron chi connectivity index (χ3n) is 9.34. The molecule has 7 aromatic carbocycles. The third kappa shape index (κ3) is 4.75. The second-order valence-corrected chi connectivity index (χ2v) is 12.4. The predicted octanol–water partition coefficient (Wildman–Crippen LogP) is 12.0. The van der Waals surface area contributed by atoms with Gasteiger partial charge >= 0.3 is 0 Å². The lowest BCUT2D eigenvalue weighted by Crippen LogP contribution is -2.00. The van der Waals surface area contributed by atoms with Crippen LogP contribution in [0.3, 0.4) is 0 Å². The number of hydrogen-bond donors (Lipinski definition) is 0. The molecule has 3 heterocycles. The number of para-hydroxylation sites is 2. The van der Waals surface area contributed by atoms with Crippen molar-refractivity contribution in [3.8, 4) is 56.4 Å². The van der Waals surface area contributed by atoms with Crippen LogP contribution in [-0.2, 0) is 0 Å². The fourth-order valence-electron chi connectivity index (χ4n) is 6.90. The molecule has 0 unspecified atom stereocenters. The molecule has 0 aliphatic heterocycles. The molecule has 0 saturated heterocycles. The van der Waals surface area contributed by atoms with Crippen molar-refractivity contribution in [2.45, 2.75) is 0 Å². The van der Waals surface area contributed by atoms with E-state index in [-0.39, 0.29) is 0 Å². The van der Waals surface area contributed by atoms with Gasteiger partial charge in [0.05, 0.1) is 0 Å². The maximum absolute atomic E-state index is 6.49. The van der Waals surface area contributed by atoms with E-state index < -0.39 is 0 Å². The maximum atomic E-state index is 6.49. The summed E-state index contributed by atoms with van der Waals surface area (Å²) in [7, 11) is 0. The van der Waals surface area contributed by atoms with Gasteiger partial charge in [-0.05, 0) is 58.7 Å². The summed E-state index contributed by atoms with van der Waals surface area (Å²) < 4.78 is 12.7. The Hall–Kier alpha value is -6.85. The maximum Gasteiger partial charge on any atom is 0.164 e. The van der Waals surface area contributed by atoms with Gasteiger partial charge < -0.3 is 8.83 Å². The van der Waals surface area contributed by atoms with Crippen LogP contribution >= 0.6 is 0 Å². The number of benzene rings is 7. The van der Waals surface area contributed by atoms with Gasteiger partial charge in [0.2, 0.25) is 0 Å². The van der Waals surface area contributed by atoms with Crippen LogP contribution in [0.5, 0.6) is 0 Å². The molecule has 0 radical (unpaired) electrons. The average Bonchev–Trinajstić information content (AvgIpc) is 3.76. The molecule has 50 heavy (non-hydrogen) atoms. The van der Waals surface area contributed by atoms with Crippen molar-refractivity contribution < 1.29 is 8.83 Å². The predicted molar refractivity (Wildman–Crippen MR) is 202 cm³/mol. The molecule has 0 N–H and O–H groups in total. The Kier molecular flexibility index (Phi) is 6.42. The van der Waals surface area contributed by atoms with Crippen LogP contribution in [0.25, 0.3) is 100 Å². The van der Waals surface area contributed by atoms with Gasteiger partial charge in [0.1, 0.15) is 22.3 Å². The van der Waals surface area contributed by atoms with Gasteiger partial charge in [-0.25, -0.2) is 15.0 Å². The molecule has 0 atom stereocenters.